The maximum atomic E-state index is 12.7. The van der Waals surface area contributed by atoms with E-state index >= 15 is 0 Å². The van der Waals surface area contributed by atoms with Crippen LogP contribution in [-0.4, -0.2) is 9.97 Å². The number of hydrogen-bond donors (Lipinski definition) is 0. The Bertz CT molecular complexity index is 639. The standard InChI is InChI=1S/C14H12ClF3N2S/c1-8-3-9(2)5-10(4-8)7-21-12-6-11(14(16,17)18)19-13(15)20-12/h3-6H,7H2,1-2H3. The summed E-state index contributed by atoms with van der Waals surface area (Å²) in [6, 6.07) is 6.94. The van der Waals surface area contributed by atoms with Crippen LogP contribution in [-0.2, 0) is 11.9 Å². The van der Waals surface area contributed by atoms with Gasteiger partial charge in [-0.15, -0.1) is 11.8 Å². The third-order valence-corrected chi connectivity index (χ3v) is 3.79. The molecule has 0 aliphatic heterocycles. The number of aryl methyl sites for hydroxylation is 2. The molecule has 1 aromatic carbocycles. The molecule has 0 unspecified atom stereocenters. The molecule has 2 aromatic rings. The first-order valence-corrected chi connectivity index (χ1v) is 7.42. The van der Waals surface area contributed by atoms with Crippen LogP contribution in [0, 0.1) is 13.8 Å². The van der Waals surface area contributed by atoms with Crippen molar-refractivity contribution in [3.63, 3.8) is 0 Å². The molecule has 0 aliphatic rings. The molecule has 0 atom stereocenters. The zero-order valence-corrected chi connectivity index (χ0v) is 12.9. The van der Waals surface area contributed by atoms with Crippen LogP contribution in [0.4, 0.5) is 13.2 Å². The molecule has 1 aromatic heterocycles. The molecule has 0 fully saturated rings. The first-order valence-electron chi connectivity index (χ1n) is 6.06. The molecular weight excluding hydrogens is 321 g/mol. The van der Waals surface area contributed by atoms with E-state index in [-0.39, 0.29) is 5.03 Å². The monoisotopic (exact) mass is 332 g/mol. The Kier molecular flexibility index (Phi) is 4.78. The number of thioether (sulfide) groups is 1. The molecule has 112 valence electrons. The molecule has 0 bridgehead atoms. The quantitative estimate of drug-likeness (QED) is 0.446. The second kappa shape index (κ2) is 6.23. The van der Waals surface area contributed by atoms with E-state index in [1.807, 2.05) is 32.0 Å². The number of aromatic nitrogens is 2. The summed E-state index contributed by atoms with van der Waals surface area (Å²) in [5.74, 6) is 0.521. The van der Waals surface area contributed by atoms with Gasteiger partial charge in [-0.05, 0) is 31.0 Å². The van der Waals surface area contributed by atoms with Gasteiger partial charge >= 0.3 is 6.18 Å². The number of nitrogens with zero attached hydrogens (tertiary/aromatic N) is 2. The summed E-state index contributed by atoms with van der Waals surface area (Å²) < 4.78 is 38.0. The van der Waals surface area contributed by atoms with Gasteiger partial charge in [0.05, 0.1) is 0 Å². The fraction of sp³-hybridized carbons (Fsp3) is 0.286. The van der Waals surface area contributed by atoms with Crippen LogP contribution in [0.15, 0.2) is 29.3 Å². The molecule has 21 heavy (non-hydrogen) atoms. The molecule has 0 radical (unpaired) electrons. The van der Waals surface area contributed by atoms with Crippen molar-refractivity contribution in [2.24, 2.45) is 0 Å². The number of benzene rings is 1. The van der Waals surface area contributed by atoms with Crippen LogP contribution in [0.5, 0.6) is 0 Å². The van der Waals surface area contributed by atoms with Crippen LogP contribution < -0.4 is 0 Å². The Morgan fingerprint density at radius 1 is 1.05 bits per heavy atom. The molecule has 0 saturated heterocycles. The van der Waals surface area contributed by atoms with Crippen molar-refractivity contribution < 1.29 is 13.2 Å². The summed E-state index contributed by atoms with van der Waals surface area (Å²) in [7, 11) is 0. The normalized spacial score (nSPS) is 11.7. The number of rotatable bonds is 3. The molecule has 0 saturated carbocycles. The predicted molar refractivity (Wildman–Crippen MR) is 77.5 cm³/mol. The zero-order valence-electron chi connectivity index (χ0n) is 11.3. The van der Waals surface area contributed by atoms with Crippen molar-refractivity contribution in [2.75, 3.05) is 0 Å². The van der Waals surface area contributed by atoms with Crippen molar-refractivity contribution >= 4 is 23.4 Å². The second-order valence-corrected chi connectivity index (χ2v) is 5.98. The molecule has 2 nitrogen and oxygen atoms in total. The summed E-state index contributed by atoms with van der Waals surface area (Å²) in [6.45, 7) is 3.95. The maximum absolute atomic E-state index is 12.7. The summed E-state index contributed by atoms with van der Waals surface area (Å²) in [5, 5.41) is -0.186. The van der Waals surface area contributed by atoms with Gasteiger partial charge in [-0.25, -0.2) is 9.97 Å². The fourth-order valence-corrected chi connectivity index (χ4v) is 2.98. The minimum Gasteiger partial charge on any atom is -0.213 e. The lowest BCUT2D eigenvalue weighted by Gasteiger charge is -2.08. The van der Waals surface area contributed by atoms with E-state index in [0.29, 0.717) is 5.75 Å². The van der Waals surface area contributed by atoms with Crippen molar-refractivity contribution in [1.29, 1.82) is 0 Å². The third-order valence-electron chi connectivity index (χ3n) is 2.63. The van der Waals surface area contributed by atoms with E-state index in [9.17, 15) is 13.2 Å². The van der Waals surface area contributed by atoms with Gasteiger partial charge in [0.1, 0.15) is 5.03 Å². The summed E-state index contributed by atoms with van der Waals surface area (Å²) in [5.41, 5.74) is 2.23. The van der Waals surface area contributed by atoms with E-state index in [1.165, 1.54) is 11.8 Å². The van der Waals surface area contributed by atoms with Crippen molar-refractivity contribution in [2.45, 2.75) is 30.8 Å². The third kappa shape index (κ3) is 4.61. The highest BCUT2D eigenvalue weighted by Gasteiger charge is 2.33. The molecule has 0 N–H and O–H groups in total. The van der Waals surface area contributed by atoms with Gasteiger partial charge in [0.15, 0.2) is 5.69 Å². The molecule has 1 heterocycles. The highest BCUT2D eigenvalue weighted by molar-refractivity contribution is 7.98. The number of alkyl halides is 3. The zero-order chi connectivity index (χ0) is 15.6. The first-order chi connectivity index (χ1) is 9.74. The van der Waals surface area contributed by atoms with E-state index in [0.717, 1.165) is 22.8 Å². The lowest BCUT2D eigenvalue weighted by Crippen LogP contribution is -2.09. The minimum absolute atomic E-state index is 0.210. The summed E-state index contributed by atoms with van der Waals surface area (Å²) in [4.78, 5) is 7.03. The van der Waals surface area contributed by atoms with Gasteiger partial charge in [-0.2, -0.15) is 13.2 Å². The van der Waals surface area contributed by atoms with E-state index in [1.54, 1.807) is 0 Å². The molecule has 0 spiro atoms. The highest BCUT2D eigenvalue weighted by Crippen LogP contribution is 2.31. The minimum atomic E-state index is -4.53. The first kappa shape index (κ1) is 16.1. The van der Waals surface area contributed by atoms with Gasteiger partial charge in [0, 0.05) is 11.8 Å². The second-order valence-electron chi connectivity index (χ2n) is 4.64. The van der Waals surface area contributed by atoms with Gasteiger partial charge in [0.2, 0.25) is 5.28 Å². The van der Waals surface area contributed by atoms with Crippen molar-refractivity contribution in [3.05, 3.63) is 51.9 Å². The van der Waals surface area contributed by atoms with E-state index in [2.05, 4.69) is 9.97 Å². The summed E-state index contributed by atoms with van der Waals surface area (Å²) >= 11 is 6.75. The smallest absolute Gasteiger partial charge is 0.213 e. The van der Waals surface area contributed by atoms with Crippen LogP contribution in [0.1, 0.15) is 22.4 Å². The summed E-state index contributed by atoms with van der Waals surface area (Å²) in [6.07, 6.45) is -4.53. The Labute approximate surface area is 129 Å². The molecule has 7 heteroatoms. The van der Waals surface area contributed by atoms with Gasteiger partial charge in [0.25, 0.3) is 0 Å². The fourth-order valence-electron chi connectivity index (χ4n) is 1.93. The van der Waals surface area contributed by atoms with Crippen LogP contribution in [0.25, 0.3) is 0 Å². The van der Waals surface area contributed by atoms with Gasteiger partial charge in [-0.3, -0.25) is 0 Å². The number of hydrogen-bond acceptors (Lipinski definition) is 3. The maximum Gasteiger partial charge on any atom is 0.433 e. The average Bonchev–Trinajstić information content (AvgIpc) is 2.33. The van der Waals surface area contributed by atoms with Crippen LogP contribution in [0.3, 0.4) is 0 Å². The Hall–Kier alpha value is -1.27. The Morgan fingerprint density at radius 2 is 1.67 bits per heavy atom. The lowest BCUT2D eigenvalue weighted by molar-refractivity contribution is -0.141. The topological polar surface area (TPSA) is 25.8 Å². The predicted octanol–water partition coefficient (Wildman–Crippen LogP) is 5.06. The van der Waals surface area contributed by atoms with Gasteiger partial charge in [-0.1, -0.05) is 29.3 Å². The Morgan fingerprint density at radius 3 is 2.24 bits per heavy atom. The highest BCUT2D eigenvalue weighted by atomic mass is 35.5. The van der Waals surface area contributed by atoms with E-state index in [4.69, 9.17) is 11.6 Å². The van der Waals surface area contributed by atoms with Crippen LogP contribution >= 0.6 is 23.4 Å². The molecule has 2 rings (SSSR count). The largest absolute Gasteiger partial charge is 0.433 e. The molecular formula is C14H12ClF3N2S. The molecule has 0 amide bonds. The van der Waals surface area contributed by atoms with E-state index < -0.39 is 17.2 Å². The van der Waals surface area contributed by atoms with Gasteiger partial charge < -0.3 is 0 Å². The lowest BCUT2D eigenvalue weighted by atomic mass is 10.1. The molecule has 0 aliphatic carbocycles. The average molecular weight is 333 g/mol. The Balaban J connectivity index is 2.18. The van der Waals surface area contributed by atoms with Crippen molar-refractivity contribution in [3.8, 4) is 0 Å². The SMILES string of the molecule is Cc1cc(C)cc(CSc2cc(C(F)(F)F)nc(Cl)n2)c1. The van der Waals surface area contributed by atoms with Crippen LogP contribution in [0.2, 0.25) is 5.28 Å². The number of halogens is 4. The van der Waals surface area contributed by atoms with Crippen molar-refractivity contribution in [1.82, 2.24) is 9.97 Å².